The van der Waals surface area contributed by atoms with Crippen molar-refractivity contribution >= 4 is 5.97 Å². The molecule has 1 aromatic heterocycles. The Balaban J connectivity index is 1.58. The average molecular weight is 352 g/mol. The van der Waals surface area contributed by atoms with Gasteiger partial charge in [-0.3, -0.25) is 9.78 Å². The highest BCUT2D eigenvalue weighted by molar-refractivity contribution is 5.77. The highest BCUT2D eigenvalue weighted by Gasteiger charge is 2.40. The molecule has 0 bridgehead atoms. The molecule has 26 heavy (non-hydrogen) atoms. The maximum atomic E-state index is 12.5. The van der Waals surface area contributed by atoms with E-state index in [9.17, 15) is 4.79 Å². The predicted molar refractivity (Wildman–Crippen MR) is 104 cm³/mol. The highest BCUT2D eigenvalue weighted by atomic mass is 16.5. The van der Waals surface area contributed by atoms with Crippen molar-refractivity contribution < 1.29 is 9.53 Å². The molecule has 3 rings (SSSR count). The summed E-state index contributed by atoms with van der Waals surface area (Å²) in [5.74, 6) is -0.0299. The third-order valence-electron chi connectivity index (χ3n) is 5.23. The molecule has 0 radical (unpaired) electrons. The first kappa shape index (κ1) is 18.6. The van der Waals surface area contributed by atoms with Crippen LogP contribution >= 0.6 is 0 Å². The van der Waals surface area contributed by atoms with Crippen LogP contribution in [-0.2, 0) is 16.1 Å². The molecule has 0 amide bonds. The smallest absolute Gasteiger partial charge is 0.313 e. The van der Waals surface area contributed by atoms with E-state index in [1.807, 2.05) is 31.3 Å². The van der Waals surface area contributed by atoms with Gasteiger partial charge in [0.2, 0.25) is 0 Å². The summed E-state index contributed by atoms with van der Waals surface area (Å²) in [6, 6.07) is 14.4. The monoisotopic (exact) mass is 352 g/mol. The van der Waals surface area contributed by atoms with Gasteiger partial charge in [0, 0.05) is 24.8 Å². The molecule has 4 nitrogen and oxygen atoms in total. The number of hydrogen-bond acceptors (Lipinski definition) is 4. The summed E-state index contributed by atoms with van der Waals surface area (Å²) in [5, 5.41) is 3.49. The highest BCUT2D eigenvalue weighted by Crippen LogP contribution is 2.37. The van der Waals surface area contributed by atoms with E-state index in [2.05, 4.69) is 34.6 Å². The molecule has 0 spiro atoms. The number of pyridine rings is 1. The first-order valence-electron chi connectivity index (χ1n) is 9.62. The van der Waals surface area contributed by atoms with Crippen molar-refractivity contribution in [2.45, 2.75) is 45.6 Å². The van der Waals surface area contributed by atoms with Crippen LogP contribution in [0.15, 0.2) is 48.7 Å². The minimum Gasteiger partial charge on any atom is -0.466 e. The second-order valence-electron chi connectivity index (χ2n) is 7.08. The van der Waals surface area contributed by atoms with Gasteiger partial charge in [0.1, 0.15) is 0 Å². The van der Waals surface area contributed by atoms with Gasteiger partial charge in [-0.2, -0.15) is 0 Å². The van der Waals surface area contributed by atoms with Crippen molar-refractivity contribution in [2.24, 2.45) is 5.41 Å². The predicted octanol–water partition coefficient (Wildman–Crippen LogP) is 4.35. The van der Waals surface area contributed by atoms with Gasteiger partial charge >= 0.3 is 5.97 Å². The van der Waals surface area contributed by atoms with Crippen LogP contribution in [0.1, 0.15) is 44.6 Å². The Morgan fingerprint density at radius 2 is 1.88 bits per heavy atom. The summed E-state index contributed by atoms with van der Waals surface area (Å²) >= 11 is 0. The largest absolute Gasteiger partial charge is 0.466 e. The van der Waals surface area contributed by atoms with Gasteiger partial charge in [-0.15, -0.1) is 0 Å². The van der Waals surface area contributed by atoms with Crippen LogP contribution < -0.4 is 5.32 Å². The summed E-state index contributed by atoms with van der Waals surface area (Å²) in [5.41, 5.74) is 2.96. The Bertz CT molecular complexity index is 692. The van der Waals surface area contributed by atoms with E-state index in [-0.39, 0.29) is 11.4 Å². The maximum absolute atomic E-state index is 12.5. The van der Waals surface area contributed by atoms with Gasteiger partial charge < -0.3 is 10.1 Å². The zero-order chi connectivity index (χ0) is 18.2. The van der Waals surface area contributed by atoms with E-state index in [1.165, 1.54) is 12.0 Å². The van der Waals surface area contributed by atoms with E-state index in [0.29, 0.717) is 13.2 Å². The molecule has 1 heterocycles. The van der Waals surface area contributed by atoms with Crippen LogP contribution in [0, 0.1) is 5.41 Å². The Morgan fingerprint density at radius 1 is 1.12 bits per heavy atom. The second kappa shape index (κ2) is 8.95. The molecule has 0 unspecified atom stereocenters. The molecule has 1 saturated carbocycles. The topological polar surface area (TPSA) is 51.2 Å². The summed E-state index contributed by atoms with van der Waals surface area (Å²) in [6.07, 6.45) is 7.10. The first-order valence-corrected chi connectivity index (χ1v) is 9.62. The lowest BCUT2D eigenvalue weighted by molar-refractivity contribution is -0.157. The molecule has 0 atom stereocenters. The minimum absolute atomic E-state index is 0.0299. The maximum Gasteiger partial charge on any atom is 0.313 e. The lowest BCUT2D eigenvalue weighted by Gasteiger charge is -2.35. The van der Waals surface area contributed by atoms with E-state index >= 15 is 0 Å². The quantitative estimate of drug-likeness (QED) is 0.753. The lowest BCUT2D eigenvalue weighted by atomic mass is 9.74. The summed E-state index contributed by atoms with van der Waals surface area (Å²) < 4.78 is 5.37. The third kappa shape index (κ3) is 4.50. The molecule has 1 aromatic carbocycles. The molecule has 138 valence electrons. The molecule has 2 aromatic rings. The van der Waals surface area contributed by atoms with Crippen molar-refractivity contribution in [3.8, 4) is 11.3 Å². The second-order valence-corrected chi connectivity index (χ2v) is 7.08. The van der Waals surface area contributed by atoms with Gasteiger partial charge in [0.15, 0.2) is 0 Å². The van der Waals surface area contributed by atoms with Crippen LogP contribution in [0.2, 0.25) is 0 Å². The van der Waals surface area contributed by atoms with Crippen LogP contribution in [0.25, 0.3) is 11.3 Å². The lowest BCUT2D eigenvalue weighted by Crippen LogP contribution is -2.43. The fourth-order valence-electron chi connectivity index (χ4n) is 3.74. The fourth-order valence-corrected chi connectivity index (χ4v) is 3.74. The average Bonchev–Trinajstić information content (AvgIpc) is 2.70. The SMILES string of the molecule is CCOC(=O)C1(CNCc2ccc(-c3ccccn3)cc2)CCCCC1. The molecular weight excluding hydrogens is 324 g/mol. The molecule has 0 saturated heterocycles. The van der Waals surface area contributed by atoms with Gasteiger partial charge in [-0.05, 0) is 37.5 Å². The van der Waals surface area contributed by atoms with E-state index in [4.69, 9.17) is 4.74 Å². The van der Waals surface area contributed by atoms with Crippen LogP contribution in [0.5, 0.6) is 0 Å². The van der Waals surface area contributed by atoms with Crippen LogP contribution in [0.4, 0.5) is 0 Å². The molecule has 1 fully saturated rings. The van der Waals surface area contributed by atoms with Crippen LogP contribution in [-0.4, -0.2) is 24.1 Å². The van der Waals surface area contributed by atoms with Crippen molar-refractivity contribution in [3.63, 3.8) is 0 Å². The Hall–Kier alpha value is -2.20. The van der Waals surface area contributed by atoms with Gasteiger partial charge in [-0.1, -0.05) is 49.6 Å². The van der Waals surface area contributed by atoms with E-state index in [0.717, 1.165) is 43.5 Å². The van der Waals surface area contributed by atoms with Gasteiger partial charge in [0.25, 0.3) is 0 Å². The van der Waals surface area contributed by atoms with Crippen molar-refractivity contribution in [1.82, 2.24) is 10.3 Å². The zero-order valence-electron chi connectivity index (χ0n) is 15.5. The number of carbonyl (C=O) groups is 1. The Morgan fingerprint density at radius 3 is 2.54 bits per heavy atom. The number of nitrogens with zero attached hydrogens (tertiary/aromatic N) is 1. The number of esters is 1. The molecule has 0 aliphatic heterocycles. The number of nitrogens with one attached hydrogen (secondary N) is 1. The van der Waals surface area contributed by atoms with E-state index < -0.39 is 0 Å². The molecule has 1 aliphatic carbocycles. The fraction of sp³-hybridized carbons (Fsp3) is 0.455. The number of ether oxygens (including phenoxy) is 1. The van der Waals surface area contributed by atoms with Crippen molar-refractivity contribution in [1.29, 1.82) is 0 Å². The normalized spacial score (nSPS) is 16.2. The Labute approximate surface area is 156 Å². The summed E-state index contributed by atoms with van der Waals surface area (Å²) in [7, 11) is 0. The summed E-state index contributed by atoms with van der Waals surface area (Å²) in [4.78, 5) is 16.9. The first-order chi connectivity index (χ1) is 12.7. The molecular formula is C22H28N2O2. The van der Waals surface area contributed by atoms with E-state index in [1.54, 1.807) is 0 Å². The minimum atomic E-state index is -0.345. The summed E-state index contributed by atoms with van der Waals surface area (Å²) in [6.45, 7) is 3.78. The van der Waals surface area contributed by atoms with Gasteiger partial charge in [0.05, 0.1) is 17.7 Å². The van der Waals surface area contributed by atoms with Crippen LogP contribution in [0.3, 0.4) is 0 Å². The number of benzene rings is 1. The third-order valence-corrected chi connectivity index (χ3v) is 5.23. The molecule has 4 heteroatoms. The molecule has 1 N–H and O–H groups in total. The number of rotatable bonds is 7. The van der Waals surface area contributed by atoms with Gasteiger partial charge in [-0.25, -0.2) is 0 Å². The number of hydrogen-bond donors (Lipinski definition) is 1. The zero-order valence-corrected chi connectivity index (χ0v) is 15.5. The van der Waals surface area contributed by atoms with Crippen molar-refractivity contribution in [3.05, 3.63) is 54.2 Å². The number of aromatic nitrogens is 1. The molecule has 1 aliphatic rings. The standard InChI is InChI=1S/C22H28N2O2/c1-2-26-21(25)22(13-5-3-6-14-22)17-23-16-18-9-11-19(12-10-18)20-8-4-7-15-24-20/h4,7-12,15,23H,2-3,5-6,13-14,16-17H2,1H3. The number of carbonyl (C=O) groups excluding carboxylic acids is 1. The Kier molecular flexibility index (Phi) is 6.40. The van der Waals surface area contributed by atoms with Crippen molar-refractivity contribution in [2.75, 3.05) is 13.2 Å².